The fourth-order valence-electron chi connectivity index (χ4n) is 2.38. The van der Waals surface area contributed by atoms with Gasteiger partial charge in [0.05, 0.1) is 10.0 Å². The molecule has 1 heterocycles. The molecule has 1 unspecified atom stereocenters. The highest BCUT2D eigenvalue weighted by atomic mass is 79.9. The van der Waals surface area contributed by atoms with Crippen molar-refractivity contribution in [1.29, 1.82) is 0 Å². The Balaban J connectivity index is 1.92. The van der Waals surface area contributed by atoms with Crippen molar-refractivity contribution in [2.45, 2.75) is 6.04 Å². The van der Waals surface area contributed by atoms with E-state index in [1.807, 2.05) is 0 Å². The van der Waals surface area contributed by atoms with E-state index in [1.165, 1.54) is 30.5 Å². The molecule has 2 aromatic carbocycles. The molecule has 0 bridgehead atoms. The van der Waals surface area contributed by atoms with Gasteiger partial charge in [-0.15, -0.1) is 0 Å². The van der Waals surface area contributed by atoms with Crippen LogP contribution in [0.25, 0.3) is 11.0 Å². The van der Waals surface area contributed by atoms with Gasteiger partial charge in [0.2, 0.25) is 5.91 Å². The third-order valence-electron chi connectivity index (χ3n) is 3.56. The molecule has 1 atom stereocenters. The molecular formula is C17H12BrFN2O3. The van der Waals surface area contributed by atoms with Crippen LogP contribution in [-0.4, -0.2) is 11.8 Å². The summed E-state index contributed by atoms with van der Waals surface area (Å²) in [7, 11) is 0. The third kappa shape index (κ3) is 3.03. The number of furan rings is 1. The quantitative estimate of drug-likeness (QED) is 0.716. The largest absolute Gasteiger partial charge is 0.462 e. The van der Waals surface area contributed by atoms with Crippen LogP contribution in [0.3, 0.4) is 0 Å². The number of rotatable bonds is 4. The van der Waals surface area contributed by atoms with Gasteiger partial charge in [0, 0.05) is 5.39 Å². The van der Waals surface area contributed by atoms with Gasteiger partial charge in [-0.1, -0.05) is 24.3 Å². The van der Waals surface area contributed by atoms with Crippen LogP contribution in [0.1, 0.15) is 22.0 Å². The zero-order valence-corrected chi connectivity index (χ0v) is 13.8. The lowest BCUT2D eigenvalue weighted by Crippen LogP contribution is -2.37. The van der Waals surface area contributed by atoms with Gasteiger partial charge >= 0.3 is 0 Å². The molecule has 0 aliphatic carbocycles. The van der Waals surface area contributed by atoms with Gasteiger partial charge in [0.25, 0.3) is 5.91 Å². The Labute approximate surface area is 144 Å². The highest BCUT2D eigenvalue weighted by Crippen LogP contribution is 2.28. The summed E-state index contributed by atoms with van der Waals surface area (Å²) in [5.74, 6) is -1.71. The summed E-state index contributed by atoms with van der Waals surface area (Å²) in [5, 5.41) is 3.16. The zero-order chi connectivity index (χ0) is 17.3. The number of halogens is 2. The van der Waals surface area contributed by atoms with E-state index in [2.05, 4.69) is 21.2 Å². The number of hydrogen-bond donors (Lipinski definition) is 2. The zero-order valence-electron chi connectivity index (χ0n) is 12.3. The number of nitrogens with two attached hydrogens (primary N) is 1. The van der Waals surface area contributed by atoms with Gasteiger partial charge in [0.15, 0.2) is 0 Å². The molecule has 0 spiro atoms. The fourth-order valence-corrected chi connectivity index (χ4v) is 2.84. The summed E-state index contributed by atoms with van der Waals surface area (Å²) in [6, 6.07) is 9.40. The van der Waals surface area contributed by atoms with Crippen molar-refractivity contribution in [3.63, 3.8) is 0 Å². The molecule has 3 rings (SSSR count). The average molecular weight is 391 g/mol. The lowest BCUT2D eigenvalue weighted by Gasteiger charge is -2.15. The van der Waals surface area contributed by atoms with Crippen molar-refractivity contribution >= 4 is 38.7 Å². The van der Waals surface area contributed by atoms with E-state index < -0.39 is 23.7 Å². The Kier molecular flexibility index (Phi) is 4.35. The van der Waals surface area contributed by atoms with E-state index in [0.717, 1.165) is 0 Å². The van der Waals surface area contributed by atoms with Gasteiger partial charge in [-0.05, 0) is 39.7 Å². The summed E-state index contributed by atoms with van der Waals surface area (Å²) in [5.41, 5.74) is 6.57. The molecule has 0 fully saturated rings. The Hall–Kier alpha value is -2.67. The third-order valence-corrected chi connectivity index (χ3v) is 4.18. The lowest BCUT2D eigenvalue weighted by atomic mass is 10.1. The fraction of sp³-hybridized carbons (Fsp3) is 0.0588. The van der Waals surface area contributed by atoms with Crippen LogP contribution in [0.5, 0.6) is 0 Å². The topological polar surface area (TPSA) is 85.3 Å². The molecule has 24 heavy (non-hydrogen) atoms. The van der Waals surface area contributed by atoms with Crippen LogP contribution in [0.15, 0.2) is 57.6 Å². The Morgan fingerprint density at radius 1 is 1.17 bits per heavy atom. The monoisotopic (exact) mass is 390 g/mol. The maximum Gasteiger partial charge on any atom is 0.256 e. The Morgan fingerprint density at radius 2 is 1.88 bits per heavy atom. The van der Waals surface area contributed by atoms with Gasteiger partial charge in [-0.25, -0.2) is 4.39 Å². The predicted octanol–water partition coefficient (Wildman–Crippen LogP) is 3.29. The Morgan fingerprint density at radius 3 is 2.54 bits per heavy atom. The molecule has 5 nitrogen and oxygen atoms in total. The first-order valence-corrected chi connectivity index (χ1v) is 7.78. The van der Waals surface area contributed by atoms with Gasteiger partial charge in [-0.3, -0.25) is 9.59 Å². The highest BCUT2D eigenvalue weighted by molar-refractivity contribution is 9.10. The van der Waals surface area contributed by atoms with Crippen LogP contribution in [0, 0.1) is 5.82 Å². The average Bonchev–Trinajstić information content (AvgIpc) is 2.99. The number of nitrogens with one attached hydrogen (secondary N) is 1. The number of benzene rings is 2. The van der Waals surface area contributed by atoms with Crippen molar-refractivity contribution in [2.24, 2.45) is 5.73 Å². The minimum Gasteiger partial charge on any atom is -0.462 e. The number of hydrogen-bond acceptors (Lipinski definition) is 3. The number of carbonyl (C=O) groups is 2. The maximum absolute atomic E-state index is 13.0. The smallest absolute Gasteiger partial charge is 0.256 e. The van der Waals surface area contributed by atoms with Crippen molar-refractivity contribution < 1.29 is 18.4 Å². The lowest BCUT2D eigenvalue weighted by molar-refractivity contribution is -0.120. The van der Waals surface area contributed by atoms with E-state index in [-0.39, 0.29) is 5.56 Å². The van der Waals surface area contributed by atoms with E-state index >= 15 is 0 Å². The van der Waals surface area contributed by atoms with Crippen molar-refractivity contribution in [1.82, 2.24) is 5.32 Å². The normalized spacial score (nSPS) is 12.1. The maximum atomic E-state index is 13.0. The van der Waals surface area contributed by atoms with Crippen molar-refractivity contribution in [3.8, 4) is 0 Å². The highest BCUT2D eigenvalue weighted by Gasteiger charge is 2.23. The molecule has 0 saturated carbocycles. The second kappa shape index (κ2) is 6.45. The van der Waals surface area contributed by atoms with E-state index in [0.29, 0.717) is 21.0 Å². The predicted molar refractivity (Wildman–Crippen MR) is 89.7 cm³/mol. The van der Waals surface area contributed by atoms with Gasteiger partial charge < -0.3 is 15.5 Å². The molecule has 2 amide bonds. The molecule has 3 N–H and O–H groups in total. The number of fused-ring (bicyclic) bond motifs is 1. The molecule has 1 aromatic heterocycles. The molecule has 0 aliphatic heterocycles. The van der Waals surface area contributed by atoms with Crippen molar-refractivity contribution in [2.75, 3.05) is 0 Å². The van der Waals surface area contributed by atoms with E-state index in [9.17, 15) is 14.0 Å². The van der Waals surface area contributed by atoms with Gasteiger partial charge in [-0.2, -0.15) is 0 Å². The number of amides is 2. The molecule has 0 radical (unpaired) electrons. The van der Waals surface area contributed by atoms with Crippen LogP contribution < -0.4 is 11.1 Å². The van der Waals surface area contributed by atoms with Crippen LogP contribution in [-0.2, 0) is 4.79 Å². The minimum atomic E-state index is -1.07. The summed E-state index contributed by atoms with van der Waals surface area (Å²) in [6.45, 7) is 0. The molecule has 7 heteroatoms. The second-order valence-electron chi connectivity index (χ2n) is 5.13. The Bertz CT molecular complexity index is 921. The van der Waals surface area contributed by atoms with Gasteiger partial charge in [0.1, 0.15) is 23.7 Å². The molecule has 0 saturated heterocycles. The molecule has 122 valence electrons. The second-order valence-corrected chi connectivity index (χ2v) is 5.98. The molecule has 0 aliphatic rings. The minimum absolute atomic E-state index is 0.277. The van der Waals surface area contributed by atoms with Crippen LogP contribution in [0.2, 0.25) is 0 Å². The first-order chi connectivity index (χ1) is 11.5. The first-order valence-electron chi connectivity index (χ1n) is 6.98. The summed E-state index contributed by atoms with van der Waals surface area (Å²) in [4.78, 5) is 24.2. The van der Waals surface area contributed by atoms with Crippen LogP contribution >= 0.6 is 15.9 Å². The van der Waals surface area contributed by atoms with Crippen molar-refractivity contribution in [3.05, 3.63) is 70.1 Å². The first kappa shape index (κ1) is 16.2. The SMILES string of the molecule is NC(=O)C(NC(=O)c1coc2c(Br)cccc12)c1ccc(F)cc1. The number of para-hydroxylation sites is 1. The number of primary amides is 1. The summed E-state index contributed by atoms with van der Waals surface area (Å²) >= 11 is 3.34. The van der Waals surface area contributed by atoms with E-state index in [1.54, 1.807) is 18.2 Å². The summed E-state index contributed by atoms with van der Waals surface area (Å²) in [6.07, 6.45) is 1.31. The summed E-state index contributed by atoms with van der Waals surface area (Å²) < 4.78 is 19.1. The molecular weight excluding hydrogens is 379 g/mol. The standard InChI is InChI=1S/C17H12BrFN2O3/c18-13-3-1-2-11-12(8-24-15(11)13)17(23)21-14(16(20)22)9-4-6-10(19)7-5-9/h1-8,14H,(H2,20,22)(H,21,23). The van der Waals surface area contributed by atoms with Crippen LogP contribution in [0.4, 0.5) is 4.39 Å². The van der Waals surface area contributed by atoms with E-state index in [4.69, 9.17) is 10.2 Å². The molecule has 3 aromatic rings. The number of carbonyl (C=O) groups excluding carboxylic acids is 2.